The lowest BCUT2D eigenvalue weighted by Crippen LogP contribution is -1.92. The molecule has 0 spiro atoms. The number of aromatic hydroxyl groups is 1. The van der Waals surface area contributed by atoms with E-state index in [9.17, 15) is 5.11 Å². The minimum atomic E-state index is 0.407. The zero-order valence-electron chi connectivity index (χ0n) is 7.83. The average molecular weight is 229 g/mol. The third-order valence-corrected chi connectivity index (χ3v) is 3.68. The molecule has 0 radical (unpaired) electrons. The molecule has 12 heavy (non-hydrogen) atoms. The Labute approximate surface area is 81.6 Å². The first kappa shape index (κ1) is 9.59. The van der Waals surface area contributed by atoms with Crippen LogP contribution in [0.4, 0.5) is 0 Å². The number of phenols is 1. The van der Waals surface area contributed by atoms with E-state index in [1.807, 2.05) is 20.8 Å². The van der Waals surface area contributed by atoms with E-state index in [1.165, 1.54) is 5.56 Å². The second-order valence-corrected chi connectivity index (χ2v) is 3.96. The van der Waals surface area contributed by atoms with E-state index in [0.717, 1.165) is 21.2 Å². The molecule has 1 aromatic rings. The van der Waals surface area contributed by atoms with Crippen molar-refractivity contribution < 1.29 is 5.11 Å². The Morgan fingerprint density at radius 3 is 1.83 bits per heavy atom. The van der Waals surface area contributed by atoms with Gasteiger partial charge in [-0.2, -0.15) is 0 Å². The predicted molar refractivity (Wildman–Crippen MR) is 54.8 cm³/mol. The molecule has 0 aromatic heterocycles. The number of halogens is 1. The van der Waals surface area contributed by atoms with Gasteiger partial charge in [0.25, 0.3) is 0 Å². The molecule has 66 valence electrons. The summed E-state index contributed by atoms with van der Waals surface area (Å²) >= 11 is 3.45. The first-order valence-corrected chi connectivity index (χ1v) is 4.71. The van der Waals surface area contributed by atoms with Crippen LogP contribution in [-0.4, -0.2) is 5.11 Å². The lowest BCUT2D eigenvalue weighted by atomic mass is 10.00. The van der Waals surface area contributed by atoms with Gasteiger partial charge in [0, 0.05) is 10.0 Å². The summed E-state index contributed by atoms with van der Waals surface area (Å²) in [4.78, 5) is 0. The van der Waals surface area contributed by atoms with Crippen molar-refractivity contribution in [2.45, 2.75) is 27.7 Å². The number of benzene rings is 1. The Morgan fingerprint density at radius 2 is 1.33 bits per heavy atom. The topological polar surface area (TPSA) is 20.2 Å². The number of rotatable bonds is 0. The molecular formula is C10H13BrO. The Balaban J connectivity index is 3.60. The Morgan fingerprint density at radius 1 is 0.833 bits per heavy atom. The summed E-state index contributed by atoms with van der Waals surface area (Å²) in [5, 5.41) is 9.66. The molecule has 2 heteroatoms. The Bertz CT molecular complexity index is 224. The van der Waals surface area contributed by atoms with Crippen LogP contribution in [0.15, 0.2) is 4.47 Å². The van der Waals surface area contributed by atoms with E-state index in [2.05, 4.69) is 22.9 Å². The molecule has 0 fully saturated rings. The Kier molecular flexibility index (Phi) is 2.47. The molecule has 0 aliphatic heterocycles. The highest BCUT2D eigenvalue weighted by molar-refractivity contribution is 9.10. The first-order valence-electron chi connectivity index (χ1n) is 3.91. The second-order valence-electron chi connectivity index (χ2n) is 3.16. The third kappa shape index (κ3) is 1.24. The quantitative estimate of drug-likeness (QED) is 0.722. The maximum atomic E-state index is 9.66. The van der Waals surface area contributed by atoms with Gasteiger partial charge in [-0.1, -0.05) is 15.9 Å². The molecular weight excluding hydrogens is 216 g/mol. The van der Waals surface area contributed by atoms with E-state index < -0.39 is 0 Å². The highest BCUT2D eigenvalue weighted by Crippen LogP contribution is 2.34. The maximum Gasteiger partial charge on any atom is 0.122 e. The summed E-state index contributed by atoms with van der Waals surface area (Å²) in [6.45, 7) is 7.93. The zero-order chi connectivity index (χ0) is 9.46. The van der Waals surface area contributed by atoms with Gasteiger partial charge in [0.05, 0.1) is 0 Å². The van der Waals surface area contributed by atoms with E-state index >= 15 is 0 Å². The van der Waals surface area contributed by atoms with Gasteiger partial charge in [-0.15, -0.1) is 0 Å². The molecule has 0 aliphatic carbocycles. The van der Waals surface area contributed by atoms with Gasteiger partial charge < -0.3 is 5.11 Å². The van der Waals surface area contributed by atoms with Crippen LogP contribution in [0.5, 0.6) is 5.75 Å². The highest BCUT2D eigenvalue weighted by Gasteiger charge is 2.11. The molecule has 0 saturated carbocycles. The normalized spacial score (nSPS) is 10.4. The predicted octanol–water partition coefficient (Wildman–Crippen LogP) is 3.39. The SMILES string of the molecule is Cc1c(C)c(O)c(C)c(Br)c1C. The monoisotopic (exact) mass is 228 g/mol. The van der Waals surface area contributed by atoms with Gasteiger partial charge in [0.1, 0.15) is 5.75 Å². The van der Waals surface area contributed by atoms with Crippen LogP contribution in [0.1, 0.15) is 22.3 Å². The zero-order valence-corrected chi connectivity index (χ0v) is 9.41. The fraction of sp³-hybridized carbons (Fsp3) is 0.400. The van der Waals surface area contributed by atoms with Gasteiger partial charge in [-0.05, 0) is 44.4 Å². The fourth-order valence-corrected chi connectivity index (χ4v) is 1.78. The Hall–Kier alpha value is -0.500. The van der Waals surface area contributed by atoms with Crippen molar-refractivity contribution in [1.29, 1.82) is 0 Å². The van der Waals surface area contributed by atoms with Gasteiger partial charge in [0.2, 0.25) is 0 Å². The van der Waals surface area contributed by atoms with Crippen LogP contribution in [0, 0.1) is 27.7 Å². The molecule has 1 aromatic carbocycles. The average Bonchev–Trinajstić information content (AvgIpc) is 2.08. The van der Waals surface area contributed by atoms with Crippen LogP contribution in [0.2, 0.25) is 0 Å². The molecule has 1 nitrogen and oxygen atoms in total. The largest absolute Gasteiger partial charge is 0.507 e. The number of hydrogen-bond donors (Lipinski definition) is 1. The summed E-state index contributed by atoms with van der Waals surface area (Å²) in [6, 6.07) is 0. The summed E-state index contributed by atoms with van der Waals surface area (Å²) in [6.07, 6.45) is 0. The van der Waals surface area contributed by atoms with E-state index in [1.54, 1.807) is 0 Å². The summed E-state index contributed by atoms with van der Waals surface area (Å²) in [7, 11) is 0. The second kappa shape index (κ2) is 3.09. The van der Waals surface area contributed by atoms with Crippen molar-refractivity contribution in [2.75, 3.05) is 0 Å². The van der Waals surface area contributed by atoms with Gasteiger partial charge in [0.15, 0.2) is 0 Å². The molecule has 0 amide bonds. The minimum absolute atomic E-state index is 0.407. The summed E-state index contributed by atoms with van der Waals surface area (Å²) in [5.74, 6) is 0.407. The minimum Gasteiger partial charge on any atom is -0.507 e. The lowest BCUT2D eigenvalue weighted by Gasteiger charge is -2.12. The van der Waals surface area contributed by atoms with Gasteiger partial charge in [-0.25, -0.2) is 0 Å². The molecule has 0 heterocycles. The molecule has 0 unspecified atom stereocenters. The lowest BCUT2D eigenvalue weighted by molar-refractivity contribution is 0.465. The highest BCUT2D eigenvalue weighted by atomic mass is 79.9. The van der Waals surface area contributed by atoms with Crippen LogP contribution >= 0.6 is 15.9 Å². The molecule has 0 saturated heterocycles. The molecule has 1 N–H and O–H groups in total. The van der Waals surface area contributed by atoms with Crippen LogP contribution in [-0.2, 0) is 0 Å². The molecule has 0 bridgehead atoms. The van der Waals surface area contributed by atoms with E-state index in [-0.39, 0.29) is 0 Å². The van der Waals surface area contributed by atoms with Crippen molar-refractivity contribution >= 4 is 15.9 Å². The standard InChI is InChI=1S/C10H13BrO/c1-5-6(2)9(11)8(4)10(12)7(5)3/h12H,1-4H3. The smallest absolute Gasteiger partial charge is 0.122 e. The van der Waals surface area contributed by atoms with E-state index in [4.69, 9.17) is 0 Å². The van der Waals surface area contributed by atoms with Crippen LogP contribution in [0.25, 0.3) is 0 Å². The van der Waals surface area contributed by atoms with Crippen molar-refractivity contribution in [3.63, 3.8) is 0 Å². The summed E-state index contributed by atoms with van der Waals surface area (Å²) < 4.78 is 1.02. The fourth-order valence-electron chi connectivity index (χ4n) is 1.29. The van der Waals surface area contributed by atoms with Gasteiger partial charge in [-0.3, -0.25) is 0 Å². The van der Waals surface area contributed by atoms with Crippen LogP contribution in [0.3, 0.4) is 0 Å². The van der Waals surface area contributed by atoms with Gasteiger partial charge >= 0.3 is 0 Å². The molecule has 1 rings (SSSR count). The molecule has 0 atom stereocenters. The summed E-state index contributed by atoms with van der Waals surface area (Å²) in [5.41, 5.74) is 4.27. The third-order valence-electron chi connectivity index (χ3n) is 2.49. The maximum absolute atomic E-state index is 9.66. The molecule has 0 aliphatic rings. The number of hydrogen-bond acceptors (Lipinski definition) is 1. The van der Waals surface area contributed by atoms with Crippen LogP contribution < -0.4 is 0 Å². The number of phenolic OH excluding ortho intramolecular Hbond substituents is 1. The van der Waals surface area contributed by atoms with Crippen molar-refractivity contribution in [1.82, 2.24) is 0 Å². The van der Waals surface area contributed by atoms with E-state index in [0.29, 0.717) is 5.75 Å². The van der Waals surface area contributed by atoms with Crippen molar-refractivity contribution in [3.8, 4) is 5.75 Å². The van der Waals surface area contributed by atoms with Crippen molar-refractivity contribution in [2.24, 2.45) is 0 Å². The van der Waals surface area contributed by atoms with Crippen molar-refractivity contribution in [3.05, 3.63) is 26.7 Å². The first-order chi connectivity index (χ1) is 5.46.